The molecule has 2 N–H and O–H groups in total. The molecule has 178 valence electrons. The first-order valence-corrected chi connectivity index (χ1v) is 12.0. The number of carbonyl (C=O) groups excluding carboxylic acids is 3. The molecule has 8 nitrogen and oxygen atoms in total. The standard InChI is InChI=1S/C25H32N2O6/c1-14(26-24(30)25-11-16-7-17(12-25)9-18(8-16)13-25)23(29)33-15(2)22(28)27-19-3-4-20-21(10-19)32-6-5-31-20/h3-4,10,14-18H,5-9,11-13H2,1-2H3,(H,26,30)(H,27,28)/t14-,15+,16?,17?,18?,25?/m1/s1. The molecule has 33 heavy (non-hydrogen) atoms. The minimum Gasteiger partial charge on any atom is -0.486 e. The molecule has 1 aromatic rings. The van der Waals surface area contributed by atoms with Crippen LogP contribution in [0.2, 0.25) is 0 Å². The van der Waals surface area contributed by atoms with E-state index >= 15 is 0 Å². The molecule has 5 aliphatic rings. The molecule has 0 radical (unpaired) electrons. The van der Waals surface area contributed by atoms with Gasteiger partial charge in [0, 0.05) is 17.2 Å². The predicted octanol–water partition coefficient (Wildman–Crippen LogP) is 3.05. The molecule has 4 fully saturated rings. The molecule has 0 aromatic heterocycles. The van der Waals surface area contributed by atoms with Crippen molar-refractivity contribution in [2.75, 3.05) is 18.5 Å². The second kappa shape index (κ2) is 8.54. The summed E-state index contributed by atoms with van der Waals surface area (Å²) in [6.07, 6.45) is 5.54. The molecular formula is C25H32N2O6. The molecule has 0 unspecified atom stereocenters. The number of anilines is 1. The van der Waals surface area contributed by atoms with Crippen molar-refractivity contribution in [3.63, 3.8) is 0 Å². The highest BCUT2D eigenvalue weighted by Gasteiger charge is 2.54. The average Bonchev–Trinajstić information content (AvgIpc) is 2.78. The van der Waals surface area contributed by atoms with Crippen LogP contribution in [0.5, 0.6) is 11.5 Å². The van der Waals surface area contributed by atoms with Crippen molar-refractivity contribution in [3.05, 3.63) is 18.2 Å². The molecule has 2 amide bonds. The maximum atomic E-state index is 13.2. The number of rotatable bonds is 6. The number of ether oxygens (including phenoxy) is 3. The Morgan fingerprint density at radius 3 is 2.21 bits per heavy atom. The molecular weight excluding hydrogens is 424 g/mol. The molecule has 1 heterocycles. The number of esters is 1. The summed E-state index contributed by atoms with van der Waals surface area (Å²) < 4.78 is 16.4. The van der Waals surface area contributed by atoms with Gasteiger partial charge in [-0.05, 0) is 82.3 Å². The lowest BCUT2D eigenvalue weighted by Crippen LogP contribution is -2.56. The van der Waals surface area contributed by atoms with Crippen molar-refractivity contribution in [3.8, 4) is 11.5 Å². The van der Waals surface area contributed by atoms with E-state index in [0.717, 1.165) is 19.3 Å². The third kappa shape index (κ3) is 4.39. The Bertz CT molecular complexity index is 925. The van der Waals surface area contributed by atoms with Crippen LogP contribution in [0.25, 0.3) is 0 Å². The normalized spacial score (nSPS) is 30.8. The number of amides is 2. The maximum absolute atomic E-state index is 13.2. The van der Waals surface area contributed by atoms with Crippen LogP contribution in [0, 0.1) is 23.2 Å². The fourth-order valence-electron chi connectivity index (χ4n) is 6.49. The van der Waals surface area contributed by atoms with Gasteiger partial charge in [0.25, 0.3) is 5.91 Å². The van der Waals surface area contributed by atoms with Crippen LogP contribution in [0.3, 0.4) is 0 Å². The zero-order valence-corrected chi connectivity index (χ0v) is 19.2. The molecule has 4 aliphatic carbocycles. The Morgan fingerprint density at radius 1 is 0.970 bits per heavy atom. The van der Waals surface area contributed by atoms with Crippen LogP contribution in [0.4, 0.5) is 5.69 Å². The number of hydrogen-bond donors (Lipinski definition) is 2. The van der Waals surface area contributed by atoms with E-state index < -0.39 is 24.0 Å². The SMILES string of the molecule is C[C@H](OC(=O)[C@@H](C)NC(=O)C12CC3CC(CC(C3)C1)C2)C(=O)Nc1ccc2c(c1)OCCO2. The second-order valence-corrected chi connectivity index (χ2v) is 10.3. The van der Waals surface area contributed by atoms with Crippen molar-refractivity contribution in [2.24, 2.45) is 23.2 Å². The Kier molecular flexibility index (Phi) is 5.70. The highest BCUT2D eigenvalue weighted by atomic mass is 16.6. The van der Waals surface area contributed by atoms with Crippen LogP contribution in [-0.4, -0.2) is 43.1 Å². The van der Waals surface area contributed by atoms with Crippen LogP contribution >= 0.6 is 0 Å². The maximum Gasteiger partial charge on any atom is 0.329 e. The molecule has 0 saturated heterocycles. The van der Waals surface area contributed by atoms with E-state index in [1.54, 1.807) is 25.1 Å². The Balaban J connectivity index is 1.14. The van der Waals surface area contributed by atoms with Gasteiger partial charge < -0.3 is 24.8 Å². The zero-order valence-electron chi connectivity index (χ0n) is 19.2. The van der Waals surface area contributed by atoms with Gasteiger partial charge in [-0.25, -0.2) is 4.79 Å². The van der Waals surface area contributed by atoms with Gasteiger partial charge in [-0.2, -0.15) is 0 Å². The molecule has 6 rings (SSSR count). The summed E-state index contributed by atoms with van der Waals surface area (Å²) >= 11 is 0. The molecule has 8 heteroatoms. The van der Waals surface area contributed by atoms with Crippen molar-refractivity contribution in [1.82, 2.24) is 5.32 Å². The lowest BCUT2D eigenvalue weighted by molar-refractivity contribution is -0.158. The molecule has 0 spiro atoms. The van der Waals surface area contributed by atoms with Crippen LogP contribution in [0.1, 0.15) is 52.4 Å². The summed E-state index contributed by atoms with van der Waals surface area (Å²) in [4.78, 5) is 38.3. The van der Waals surface area contributed by atoms with E-state index in [2.05, 4.69) is 10.6 Å². The second-order valence-electron chi connectivity index (χ2n) is 10.3. The average molecular weight is 457 g/mol. The molecule has 1 aliphatic heterocycles. The first-order valence-electron chi connectivity index (χ1n) is 12.0. The summed E-state index contributed by atoms with van der Waals surface area (Å²) in [6.45, 7) is 4.07. The molecule has 4 saturated carbocycles. The largest absolute Gasteiger partial charge is 0.486 e. The van der Waals surface area contributed by atoms with E-state index in [4.69, 9.17) is 14.2 Å². The minimum absolute atomic E-state index is 0.0283. The Morgan fingerprint density at radius 2 is 1.58 bits per heavy atom. The summed E-state index contributed by atoms with van der Waals surface area (Å²) in [5.41, 5.74) is 0.195. The summed E-state index contributed by atoms with van der Waals surface area (Å²) in [5.74, 6) is 2.03. The monoisotopic (exact) mass is 456 g/mol. The Labute approximate surface area is 193 Å². The van der Waals surface area contributed by atoms with Gasteiger partial charge in [-0.3, -0.25) is 9.59 Å². The summed E-state index contributed by atoms with van der Waals surface area (Å²) in [6, 6.07) is 4.29. The van der Waals surface area contributed by atoms with Gasteiger partial charge >= 0.3 is 5.97 Å². The van der Waals surface area contributed by atoms with E-state index in [1.807, 2.05) is 0 Å². The lowest BCUT2D eigenvalue weighted by atomic mass is 9.49. The van der Waals surface area contributed by atoms with E-state index in [-0.39, 0.29) is 11.3 Å². The van der Waals surface area contributed by atoms with Crippen molar-refractivity contribution >= 4 is 23.5 Å². The van der Waals surface area contributed by atoms with Crippen LogP contribution < -0.4 is 20.1 Å². The summed E-state index contributed by atoms with van der Waals surface area (Å²) in [5, 5.41) is 5.62. The van der Waals surface area contributed by atoms with Crippen molar-refractivity contribution in [1.29, 1.82) is 0 Å². The molecule has 4 bridgehead atoms. The number of nitrogens with one attached hydrogen (secondary N) is 2. The van der Waals surface area contributed by atoms with E-state index in [9.17, 15) is 14.4 Å². The fourth-order valence-corrected chi connectivity index (χ4v) is 6.49. The zero-order chi connectivity index (χ0) is 23.2. The van der Waals surface area contributed by atoms with Gasteiger partial charge in [0.15, 0.2) is 17.6 Å². The van der Waals surface area contributed by atoms with Crippen LogP contribution in [0.15, 0.2) is 18.2 Å². The molecule has 2 atom stereocenters. The quantitative estimate of drug-likeness (QED) is 0.638. The van der Waals surface area contributed by atoms with Crippen LogP contribution in [-0.2, 0) is 19.1 Å². The highest BCUT2D eigenvalue weighted by Crippen LogP contribution is 2.60. The third-order valence-corrected chi connectivity index (χ3v) is 7.69. The first kappa shape index (κ1) is 22.0. The van der Waals surface area contributed by atoms with E-state index in [0.29, 0.717) is 48.2 Å². The van der Waals surface area contributed by atoms with Gasteiger partial charge in [0.1, 0.15) is 19.3 Å². The third-order valence-electron chi connectivity index (χ3n) is 7.69. The highest BCUT2D eigenvalue weighted by molar-refractivity contribution is 5.96. The number of carbonyl (C=O) groups is 3. The number of benzene rings is 1. The minimum atomic E-state index is -1.01. The Hall–Kier alpha value is -2.77. The lowest BCUT2D eigenvalue weighted by Gasteiger charge is -2.55. The predicted molar refractivity (Wildman–Crippen MR) is 120 cm³/mol. The summed E-state index contributed by atoms with van der Waals surface area (Å²) in [7, 11) is 0. The van der Waals surface area contributed by atoms with Crippen molar-refractivity contribution < 1.29 is 28.6 Å². The molecule has 1 aromatic carbocycles. The fraction of sp³-hybridized carbons (Fsp3) is 0.640. The smallest absolute Gasteiger partial charge is 0.329 e. The van der Waals surface area contributed by atoms with Gasteiger partial charge in [0.2, 0.25) is 5.91 Å². The van der Waals surface area contributed by atoms with Crippen molar-refractivity contribution in [2.45, 2.75) is 64.5 Å². The number of hydrogen-bond acceptors (Lipinski definition) is 6. The first-order chi connectivity index (χ1) is 15.8. The van der Waals surface area contributed by atoms with Gasteiger partial charge in [-0.1, -0.05) is 0 Å². The van der Waals surface area contributed by atoms with E-state index in [1.165, 1.54) is 26.2 Å². The topological polar surface area (TPSA) is 103 Å². The number of fused-ring (bicyclic) bond motifs is 1. The van der Waals surface area contributed by atoms with Gasteiger partial charge in [0.05, 0.1) is 0 Å². The van der Waals surface area contributed by atoms with Gasteiger partial charge in [-0.15, -0.1) is 0 Å².